The molecule has 182 valence electrons. The van der Waals surface area contributed by atoms with Crippen LogP contribution in [0.2, 0.25) is 0 Å². The van der Waals surface area contributed by atoms with Crippen LogP contribution in [0.25, 0.3) is 10.9 Å². The van der Waals surface area contributed by atoms with Crippen LogP contribution in [-0.4, -0.2) is 68.5 Å². The molecule has 0 radical (unpaired) electrons. The third kappa shape index (κ3) is 5.49. The van der Waals surface area contributed by atoms with Gasteiger partial charge in [-0.3, -0.25) is 14.6 Å². The summed E-state index contributed by atoms with van der Waals surface area (Å²) in [7, 11) is 0. The molecular formula is C25H34N6O2S. The SMILES string of the molecule is CCC1CC(Cn2ccc3ccccc32)CC(c2nsc(CN3CCN(CC(N)=O)CC3)n2)O1. The molecular weight excluding hydrogens is 448 g/mol. The van der Waals surface area contributed by atoms with Gasteiger partial charge in [0.15, 0.2) is 5.82 Å². The molecule has 2 N–H and O–H groups in total. The van der Waals surface area contributed by atoms with Gasteiger partial charge in [-0.05, 0) is 54.2 Å². The molecule has 9 heteroatoms. The lowest BCUT2D eigenvalue weighted by Crippen LogP contribution is -2.48. The van der Waals surface area contributed by atoms with Crippen LogP contribution in [-0.2, 0) is 22.6 Å². The van der Waals surface area contributed by atoms with Gasteiger partial charge in [0.25, 0.3) is 0 Å². The van der Waals surface area contributed by atoms with Crippen LogP contribution in [0.5, 0.6) is 0 Å². The van der Waals surface area contributed by atoms with Gasteiger partial charge in [-0.1, -0.05) is 25.1 Å². The van der Waals surface area contributed by atoms with Crippen LogP contribution in [0.1, 0.15) is 43.1 Å². The van der Waals surface area contributed by atoms with E-state index in [1.54, 1.807) is 0 Å². The average molecular weight is 483 g/mol. The molecule has 0 spiro atoms. The number of piperazine rings is 1. The van der Waals surface area contributed by atoms with Crippen molar-refractivity contribution >= 4 is 28.3 Å². The van der Waals surface area contributed by atoms with Gasteiger partial charge in [-0.15, -0.1) is 0 Å². The van der Waals surface area contributed by atoms with Crippen molar-refractivity contribution in [1.82, 2.24) is 23.7 Å². The molecule has 1 aromatic carbocycles. The van der Waals surface area contributed by atoms with Crippen molar-refractivity contribution in [3.8, 4) is 0 Å². The van der Waals surface area contributed by atoms with E-state index in [-0.39, 0.29) is 18.1 Å². The third-order valence-electron chi connectivity index (χ3n) is 7.07. The summed E-state index contributed by atoms with van der Waals surface area (Å²) >= 11 is 1.49. The van der Waals surface area contributed by atoms with Gasteiger partial charge in [-0.25, -0.2) is 4.98 Å². The zero-order valence-corrected chi connectivity index (χ0v) is 20.6. The molecule has 8 nitrogen and oxygen atoms in total. The van der Waals surface area contributed by atoms with E-state index in [4.69, 9.17) is 19.8 Å². The minimum absolute atomic E-state index is 0.0389. The fraction of sp³-hybridized carbons (Fsp3) is 0.560. The summed E-state index contributed by atoms with van der Waals surface area (Å²) in [4.78, 5) is 20.5. The van der Waals surface area contributed by atoms with E-state index in [9.17, 15) is 4.79 Å². The molecule has 3 atom stereocenters. The Labute approximate surface area is 204 Å². The largest absolute Gasteiger partial charge is 0.369 e. The van der Waals surface area contributed by atoms with Crippen LogP contribution < -0.4 is 5.73 Å². The third-order valence-corrected chi connectivity index (χ3v) is 7.78. The van der Waals surface area contributed by atoms with E-state index in [1.165, 1.54) is 22.4 Å². The number of carbonyl (C=O) groups is 1. The Morgan fingerprint density at radius 3 is 2.74 bits per heavy atom. The highest BCUT2D eigenvalue weighted by molar-refractivity contribution is 7.05. The molecule has 5 rings (SSSR count). The summed E-state index contributed by atoms with van der Waals surface area (Å²) in [5.74, 6) is 1.11. The Kier molecular flexibility index (Phi) is 7.24. The summed E-state index contributed by atoms with van der Waals surface area (Å²) in [6.07, 6.45) is 5.44. The first-order chi connectivity index (χ1) is 16.6. The van der Waals surface area contributed by atoms with E-state index < -0.39 is 0 Å². The minimum Gasteiger partial charge on any atom is -0.369 e. The molecule has 2 aliphatic heterocycles. The molecule has 1 amide bonds. The van der Waals surface area contributed by atoms with E-state index in [1.807, 2.05) is 0 Å². The summed E-state index contributed by atoms with van der Waals surface area (Å²) in [6, 6.07) is 10.8. The Morgan fingerprint density at radius 1 is 1.15 bits per heavy atom. The van der Waals surface area contributed by atoms with Gasteiger partial charge in [0.1, 0.15) is 11.1 Å². The molecule has 34 heavy (non-hydrogen) atoms. The molecule has 0 bridgehead atoms. The number of hydrogen-bond donors (Lipinski definition) is 1. The second-order valence-electron chi connectivity index (χ2n) is 9.58. The first-order valence-corrected chi connectivity index (χ1v) is 13.1. The van der Waals surface area contributed by atoms with E-state index >= 15 is 0 Å². The average Bonchev–Trinajstić information content (AvgIpc) is 3.47. The molecule has 0 aliphatic carbocycles. The number of para-hydroxylation sites is 1. The number of hydrogen-bond acceptors (Lipinski definition) is 7. The summed E-state index contributed by atoms with van der Waals surface area (Å²) in [6.45, 7) is 7.87. The van der Waals surface area contributed by atoms with Crippen molar-refractivity contribution in [3.63, 3.8) is 0 Å². The Balaban J connectivity index is 1.21. The number of fused-ring (bicyclic) bond motifs is 1. The quantitative estimate of drug-likeness (QED) is 0.531. The standard InChI is InChI=1S/C25H34N6O2S/c1-2-20-13-18(15-31-8-7-19-5-3-4-6-21(19)31)14-22(33-20)25-27-24(34-28-25)17-30-11-9-29(10-12-30)16-23(26)32/h3-8,18,20,22H,2,9-17H2,1H3,(H2,26,32). The predicted molar refractivity (Wildman–Crippen MR) is 133 cm³/mol. The van der Waals surface area contributed by atoms with Crippen molar-refractivity contribution in [2.75, 3.05) is 32.7 Å². The molecule has 4 heterocycles. The molecule has 3 unspecified atom stereocenters. The van der Waals surface area contributed by atoms with Gasteiger partial charge in [-0.2, -0.15) is 4.37 Å². The first-order valence-electron chi connectivity index (χ1n) is 12.3. The van der Waals surface area contributed by atoms with Gasteiger partial charge < -0.3 is 15.0 Å². The molecule has 2 fully saturated rings. The van der Waals surface area contributed by atoms with Crippen molar-refractivity contribution in [3.05, 3.63) is 47.4 Å². The number of ether oxygens (including phenoxy) is 1. The number of amides is 1. The first kappa shape index (κ1) is 23.4. The van der Waals surface area contributed by atoms with Crippen LogP contribution in [0, 0.1) is 5.92 Å². The molecule has 2 aromatic heterocycles. The van der Waals surface area contributed by atoms with Crippen LogP contribution >= 0.6 is 11.5 Å². The molecule has 0 saturated carbocycles. The Morgan fingerprint density at radius 2 is 1.94 bits per heavy atom. The van der Waals surface area contributed by atoms with Crippen LogP contribution in [0.15, 0.2) is 36.5 Å². The maximum atomic E-state index is 11.1. The van der Waals surface area contributed by atoms with Crippen molar-refractivity contribution in [2.45, 2.75) is 51.5 Å². The smallest absolute Gasteiger partial charge is 0.231 e. The zero-order chi connectivity index (χ0) is 23.5. The van der Waals surface area contributed by atoms with Crippen LogP contribution in [0.3, 0.4) is 0 Å². The summed E-state index contributed by atoms with van der Waals surface area (Å²) in [5, 5.41) is 2.33. The van der Waals surface area contributed by atoms with Gasteiger partial charge >= 0.3 is 0 Å². The summed E-state index contributed by atoms with van der Waals surface area (Å²) in [5.41, 5.74) is 6.62. The lowest BCUT2D eigenvalue weighted by atomic mass is 9.90. The highest BCUT2D eigenvalue weighted by Gasteiger charge is 2.32. The van der Waals surface area contributed by atoms with E-state index in [0.717, 1.165) is 69.4 Å². The van der Waals surface area contributed by atoms with Gasteiger partial charge in [0.2, 0.25) is 5.91 Å². The maximum Gasteiger partial charge on any atom is 0.231 e. The zero-order valence-electron chi connectivity index (χ0n) is 19.8. The number of carbonyl (C=O) groups excluding carboxylic acids is 1. The lowest BCUT2D eigenvalue weighted by Gasteiger charge is -2.34. The minimum atomic E-state index is -0.261. The number of benzene rings is 1. The monoisotopic (exact) mass is 482 g/mol. The number of aromatic nitrogens is 3. The fourth-order valence-corrected chi connectivity index (χ4v) is 5.98. The number of primary amides is 1. The second kappa shape index (κ2) is 10.5. The van der Waals surface area contributed by atoms with Gasteiger partial charge in [0, 0.05) is 44.4 Å². The number of nitrogens with zero attached hydrogens (tertiary/aromatic N) is 5. The topological polar surface area (TPSA) is 89.5 Å². The predicted octanol–water partition coefficient (Wildman–Crippen LogP) is 3.04. The number of rotatable bonds is 8. The highest BCUT2D eigenvalue weighted by atomic mass is 32.1. The Hall–Kier alpha value is -2.33. The highest BCUT2D eigenvalue weighted by Crippen LogP contribution is 2.36. The van der Waals surface area contributed by atoms with Crippen molar-refractivity contribution in [2.24, 2.45) is 11.7 Å². The molecule has 2 aliphatic rings. The van der Waals surface area contributed by atoms with Crippen LogP contribution in [0.4, 0.5) is 0 Å². The lowest BCUT2D eigenvalue weighted by molar-refractivity contribution is -0.119. The number of nitrogens with two attached hydrogens (primary N) is 1. The van der Waals surface area contributed by atoms with Crippen molar-refractivity contribution in [1.29, 1.82) is 0 Å². The summed E-state index contributed by atoms with van der Waals surface area (Å²) < 4.78 is 13.5. The van der Waals surface area contributed by atoms with Gasteiger partial charge in [0.05, 0.1) is 19.2 Å². The Bertz CT molecular complexity index is 1110. The maximum absolute atomic E-state index is 11.1. The normalized spacial score (nSPS) is 24.6. The van der Waals surface area contributed by atoms with E-state index in [2.05, 4.69) is 57.8 Å². The molecule has 3 aromatic rings. The van der Waals surface area contributed by atoms with E-state index in [0.29, 0.717) is 12.5 Å². The molecule has 2 saturated heterocycles. The van der Waals surface area contributed by atoms with Crippen molar-refractivity contribution < 1.29 is 9.53 Å². The fourth-order valence-electron chi connectivity index (χ4n) is 5.25. The second-order valence-corrected chi connectivity index (χ2v) is 10.4.